The summed E-state index contributed by atoms with van der Waals surface area (Å²) < 4.78 is 0. The predicted molar refractivity (Wildman–Crippen MR) is 79.0 cm³/mol. The summed E-state index contributed by atoms with van der Waals surface area (Å²) in [4.78, 5) is 25.8. The van der Waals surface area contributed by atoms with Crippen molar-refractivity contribution < 1.29 is 14.7 Å². The Balaban J connectivity index is 1.54. The minimum atomic E-state index is -0.749. The smallest absolute Gasteiger partial charge is 0.317 e. The normalized spacial score (nSPS) is 31.0. The van der Waals surface area contributed by atoms with Gasteiger partial charge in [-0.15, -0.1) is 0 Å². The second kappa shape index (κ2) is 5.85. The highest BCUT2D eigenvalue weighted by molar-refractivity contribution is 5.78. The van der Waals surface area contributed by atoms with Gasteiger partial charge in [0, 0.05) is 19.6 Å². The van der Waals surface area contributed by atoms with E-state index in [9.17, 15) is 14.7 Å². The molecule has 3 aliphatic rings. The van der Waals surface area contributed by atoms with E-state index in [1.807, 2.05) is 4.90 Å². The Labute approximate surface area is 126 Å². The fourth-order valence-corrected chi connectivity index (χ4v) is 4.45. The summed E-state index contributed by atoms with van der Waals surface area (Å²) in [6.45, 7) is 2.00. The van der Waals surface area contributed by atoms with Gasteiger partial charge in [0.25, 0.3) is 0 Å². The minimum Gasteiger partial charge on any atom is -0.481 e. The Hall–Kier alpha value is -1.26. The van der Waals surface area contributed by atoms with E-state index in [-0.39, 0.29) is 12.6 Å². The lowest BCUT2D eigenvalue weighted by Crippen LogP contribution is -2.48. The van der Waals surface area contributed by atoms with Gasteiger partial charge in [-0.2, -0.15) is 0 Å². The number of amides is 2. The van der Waals surface area contributed by atoms with Crippen molar-refractivity contribution in [1.82, 2.24) is 10.2 Å². The predicted octanol–water partition coefficient (Wildman–Crippen LogP) is 2.46. The summed E-state index contributed by atoms with van der Waals surface area (Å²) in [5.74, 6) is 0.610. The van der Waals surface area contributed by atoms with E-state index in [2.05, 4.69) is 5.32 Å². The number of aliphatic carboxylic acids is 1. The van der Waals surface area contributed by atoms with Crippen molar-refractivity contribution in [1.29, 1.82) is 0 Å². The average Bonchev–Trinajstić information content (AvgIpc) is 3.07. The zero-order valence-electron chi connectivity index (χ0n) is 12.6. The number of carboxylic acid groups (broad SMARTS) is 1. The quantitative estimate of drug-likeness (QED) is 0.840. The topological polar surface area (TPSA) is 69.6 Å². The summed E-state index contributed by atoms with van der Waals surface area (Å²) in [5.41, 5.74) is -0.733. The van der Waals surface area contributed by atoms with Gasteiger partial charge in [0.15, 0.2) is 0 Å². The second-order valence-electron chi connectivity index (χ2n) is 7.16. The van der Waals surface area contributed by atoms with E-state index in [1.54, 1.807) is 0 Å². The molecule has 2 saturated carbocycles. The van der Waals surface area contributed by atoms with Gasteiger partial charge in [0.05, 0.1) is 5.41 Å². The highest BCUT2D eigenvalue weighted by atomic mass is 16.4. The molecule has 1 heterocycles. The van der Waals surface area contributed by atoms with Crippen LogP contribution < -0.4 is 5.32 Å². The van der Waals surface area contributed by atoms with Crippen LogP contribution >= 0.6 is 0 Å². The fraction of sp³-hybridized carbons (Fsp3) is 0.875. The van der Waals surface area contributed by atoms with Gasteiger partial charge in [0.2, 0.25) is 0 Å². The Bertz CT molecular complexity index is 406. The Morgan fingerprint density at radius 1 is 1.05 bits per heavy atom. The summed E-state index contributed by atoms with van der Waals surface area (Å²) in [6, 6.07) is -0.0596. The van der Waals surface area contributed by atoms with Gasteiger partial charge in [-0.3, -0.25) is 4.79 Å². The monoisotopic (exact) mass is 294 g/mol. The summed E-state index contributed by atoms with van der Waals surface area (Å²) >= 11 is 0. The molecule has 0 bridgehead atoms. The number of urea groups is 1. The molecule has 0 aromatic heterocycles. The lowest BCUT2D eigenvalue weighted by atomic mass is 9.74. The first-order valence-corrected chi connectivity index (χ1v) is 8.37. The van der Waals surface area contributed by atoms with Crippen molar-refractivity contribution in [3.63, 3.8) is 0 Å². The van der Waals surface area contributed by atoms with E-state index in [0.29, 0.717) is 24.7 Å². The number of hydrogen-bond donors (Lipinski definition) is 2. The van der Waals surface area contributed by atoms with Crippen LogP contribution in [0.15, 0.2) is 0 Å². The summed E-state index contributed by atoms with van der Waals surface area (Å²) in [7, 11) is 0. The van der Waals surface area contributed by atoms with E-state index in [0.717, 1.165) is 32.4 Å². The SMILES string of the molecule is O=C(NCC1(C(=O)O)CCCCC1)N1CC2CCCC2C1. The van der Waals surface area contributed by atoms with Crippen molar-refractivity contribution in [3.05, 3.63) is 0 Å². The zero-order valence-corrected chi connectivity index (χ0v) is 12.6. The zero-order chi connectivity index (χ0) is 14.9. The van der Waals surface area contributed by atoms with Crippen molar-refractivity contribution >= 4 is 12.0 Å². The van der Waals surface area contributed by atoms with E-state index in [1.165, 1.54) is 19.3 Å². The summed E-state index contributed by atoms with van der Waals surface area (Å²) in [6.07, 6.45) is 8.18. The molecular weight excluding hydrogens is 268 g/mol. The number of rotatable bonds is 3. The first kappa shape index (κ1) is 14.7. The van der Waals surface area contributed by atoms with Crippen LogP contribution in [0.3, 0.4) is 0 Å². The van der Waals surface area contributed by atoms with Gasteiger partial charge in [-0.05, 0) is 37.5 Å². The van der Waals surface area contributed by atoms with Gasteiger partial charge in [-0.1, -0.05) is 25.7 Å². The van der Waals surface area contributed by atoms with Crippen molar-refractivity contribution in [3.8, 4) is 0 Å². The number of hydrogen-bond acceptors (Lipinski definition) is 2. The second-order valence-corrected chi connectivity index (χ2v) is 7.16. The van der Waals surface area contributed by atoms with Gasteiger partial charge < -0.3 is 15.3 Å². The van der Waals surface area contributed by atoms with Gasteiger partial charge in [-0.25, -0.2) is 4.79 Å². The van der Waals surface area contributed by atoms with Crippen LogP contribution in [0.2, 0.25) is 0 Å². The van der Waals surface area contributed by atoms with Crippen LogP contribution in [0.4, 0.5) is 4.79 Å². The Morgan fingerprint density at radius 3 is 2.24 bits per heavy atom. The Morgan fingerprint density at radius 2 is 1.67 bits per heavy atom. The maximum atomic E-state index is 12.3. The molecule has 2 amide bonds. The molecule has 3 rings (SSSR count). The third-order valence-corrected chi connectivity index (χ3v) is 5.86. The summed E-state index contributed by atoms with van der Waals surface area (Å²) in [5, 5.41) is 12.4. The van der Waals surface area contributed by atoms with Crippen molar-refractivity contribution in [2.45, 2.75) is 51.4 Å². The highest BCUT2D eigenvalue weighted by Gasteiger charge is 2.42. The molecule has 2 unspecified atom stereocenters. The third kappa shape index (κ3) is 2.87. The van der Waals surface area contributed by atoms with Gasteiger partial charge in [0.1, 0.15) is 0 Å². The first-order valence-electron chi connectivity index (χ1n) is 8.37. The van der Waals surface area contributed by atoms with Gasteiger partial charge >= 0.3 is 12.0 Å². The molecule has 0 spiro atoms. The number of likely N-dealkylation sites (tertiary alicyclic amines) is 1. The molecule has 2 atom stereocenters. The molecule has 5 nitrogen and oxygen atoms in total. The van der Waals surface area contributed by atoms with E-state index < -0.39 is 11.4 Å². The average molecular weight is 294 g/mol. The van der Waals surface area contributed by atoms with Crippen molar-refractivity contribution in [2.75, 3.05) is 19.6 Å². The maximum Gasteiger partial charge on any atom is 0.317 e. The van der Waals surface area contributed by atoms with E-state index in [4.69, 9.17) is 0 Å². The molecule has 2 aliphatic carbocycles. The molecule has 1 saturated heterocycles. The molecule has 0 radical (unpaired) electrons. The molecule has 0 aromatic rings. The molecule has 3 fully saturated rings. The molecule has 118 valence electrons. The number of carbonyl (C=O) groups is 2. The lowest BCUT2D eigenvalue weighted by Gasteiger charge is -2.33. The van der Waals surface area contributed by atoms with Crippen LogP contribution in [0, 0.1) is 17.3 Å². The third-order valence-electron chi connectivity index (χ3n) is 5.86. The van der Waals surface area contributed by atoms with Crippen LogP contribution in [0.1, 0.15) is 51.4 Å². The largest absolute Gasteiger partial charge is 0.481 e. The fourth-order valence-electron chi connectivity index (χ4n) is 4.45. The van der Waals surface area contributed by atoms with Crippen LogP contribution in [-0.4, -0.2) is 41.6 Å². The Kier molecular flexibility index (Phi) is 4.09. The number of carboxylic acids is 1. The standard InChI is InChI=1S/C16H26N2O3/c19-14(20)16(7-2-1-3-8-16)11-17-15(21)18-9-12-5-4-6-13(12)10-18/h12-13H,1-11H2,(H,17,21)(H,19,20). The molecule has 21 heavy (non-hydrogen) atoms. The minimum absolute atomic E-state index is 0.0596. The van der Waals surface area contributed by atoms with Crippen LogP contribution in [0.25, 0.3) is 0 Å². The molecule has 2 N–H and O–H groups in total. The number of fused-ring (bicyclic) bond motifs is 1. The molecule has 1 aliphatic heterocycles. The van der Waals surface area contributed by atoms with Crippen LogP contribution in [0.5, 0.6) is 0 Å². The van der Waals surface area contributed by atoms with Crippen LogP contribution in [-0.2, 0) is 4.79 Å². The lowest BCUT2D eigenvalue weighted by molar-refractivity contribution is -0.150. The number of nitrogens with zero attached hydrogens (tertiary/aromatic N) is 1. The molecule has 5 heteroatoms. The number of carbonyl (C=O) groups excluding carboxylic acids is 1. The first-order chi connectivity index (χ1) is 10.1. The highest BCUT2D eigenvalue weighted by Crippen LogP contribution is 2.38. The molecular formula is C16H26N2O3. The van der Waals surface area contributed by atoms with E-state index >= 15 is 0 Å². The maximum absolute atomic E-state index is 12.3. The molecule has 0 aromatic carbocycles. The number of nitrogens with one attached hydrogen (secondary N) is 1. The van der Waals surface area contributed by atoms with Crippen molar-refractivity contribution in [2.24, 2.45) is 17.3 Å².